The molecule has 3 atom stereocenters. The minimum absolute atomic E-state index is 0.0984. The van der Waals surface area contributed by atoms with Gasteiger partial charge in [-0.05, 0) is 32.1 Å². The van der Waals surface area contributed by atoms with Gasteiger partial charge in [-0.3, -0.25) is 4.79 Å². The molecule has 3 aliphatic carbocycles. The minimum atomic E-state index is -0.632. The molecule has 1 heterocycles. The van der Waals surface area contributed by atoms with Gasteiger partial charge in [0.1, 0.15) is 0 Å². The Morgan fingerprint density at radius 1 is 1.40 bits per heavy atom. The molecule has 4 aliphatic rings. The summed E-state index contributed by atoms with van der Waals surface area (Å²) in [7, 11) is 0. The van der Waals surface area contributed by atoms with Gasteiger partial charge >= 0.3 is 5.97 Å². The third-order valence-corrected chi connectivity index (χ3v) is 5.88. The highest BCUT2D eigenvalue weighted by atomic mass is 16.7. The number of carbonyl (C=O) groups excluding carboxylic acids is 1. The van der Waals surface area contributed by atoms with Crippen molar-refractivity contribution in [1.29, 1.82) is 0 Å². The van der Waals surface area contributed by atoms with Crippen LogP contribution in [0, 0.1) is 16.7 Å². The molecule has 4 heteroatoms. The summed E-state index contributed by atoms with van der Waals surface area (Å²) < 4.78 is 17.2. The van der Waals surface area contributed by atoms with Crippen LogP contribution < -0.4 is 0 Å². The quantitative estimate of drug-likeness (QED) is 0.576. The first-order valence-electron chi connectivity index (χ1n) is 7.54. The van der Waals surface area contributed by atoms with E-state index in [9.17, 15) is 4.79 Å². The monoisotopic (exact) mass is 280 g/mol. The summed E-state index contributed by atoms with van der Waals surface area (Å²) >= 11 is 0. The van der Waals surface area contributed by atoms with Crippen molar-refractivity contribution in [3.8, 4) is 0 Å². The summed E-state index contributed by atoms with van der Waals surface area (Å²) in [6, 6.07) is 0. The molecule has 1 saturated heterocycles. The fourth-order valence-corrected chi connectivity index (χ4v) is 4.47. The van der Waals surface area contributed by atoms with Gasteiger partial charge in [0.15, 0.2) is 5.79 Å². The molecular weight excluding hydrogens is 256 g/mol. The lowest BCUT2D eigenvalue weighted by molar-refractivity contribution is -0.262. The molecule has 20 heavy (non-hydrogen) atoms. The Hall–Kier alpha value is -0.870. The van der Waals surface area contributed by atoms with E-state index in [4.69, 9.17) is 14.2 Å². The van der Waals surface area contributed by atoms with E-state index in [0.29, 0.717) is 19.8 Å². The van der Waals surface area contributed by atoms with Crippen molar-refractivity contribution in [3.63, 3.8) is 0 Å². The first-order valence-corrected chi connectivity index (χ1v) is 7.54. The second-order valence-corrected chi connectivity index (χ2v) is 6.71. The number of carbonyl (C=O) groups is 1. The Morgan fingerprint density at radius 3 is 2.60 bits per heavy atom. The van der Waals surface area contributed by atoms with Gasteiger partial charge in [-0.25, -0.2) is 0 Å². The van der Waals surface area contributed by atoms with Crippen LogP contribution >= 0.6 is 0 Å². The molecule has 4 fully saturated rings. The predicted molar refractivity (Wildman–Crippen MR) is 74.0 cm³/mol. The Labute approximate surface area is 120 Å². The van der Waals surface area contributed by atoms with Gasteiger partial charge in [-0.2, -0.15) is 0 Å². The molecule has 0 unspecified atom stereocenters. The van der Waals surface area contributed by atoms with E-state index in [-0.39, 0.29) is 17.3 Å². The molecule has 0 aromatic carbocycles. The lowest BCUT2D eigenvalue weighted by atomic mass is 9.45. The van der Waals surface area contributed by atoms with Crippen LogP contribution in [0.5, 0.6) is 0 Å². The maximum atomic E-state index is 12.6. The SMILES string of the molecule is C=C1[C@@H]2CC[C@@](C)(CC23OCCO3)[C@@]1(C)C(=O)OCC. The van der Waals surface area contributed by atoms with Crippen molar-refractivity contribution in [3.05, 3.63) is 12.2 Å². The van der Waals surface area contributed by atoms with Gasteiger partial charge in [0, 0.05) is 12.3 Å². The van der Waals surface area contributed by atoms with Gasteiger partial charge in [0.25, 0.3) is 0 Å². The Bertz CT molecular complexity index is 451. The number of ether oxygens (including phenoxy) is 3. The first kappa shape index (κ1) is 14.1. The third kappa shape index (κ3) is 1.52. The molecule has 0 amide bonds. The molecule has 1 aliphatic heterocycles. The molecule has 112 valence electrons. The zero-order valence-electron chi connectivity index (χ0n) is 12.7. The summed E-state index contributed by atoms with van der Waals surface area (Å²) in [5.41, 5.74) is 0.0832. The van der Waals surface area contributed by atoms with Crippen LogP contribution in [-0.2, 0) is 19.0 Å². The van der Waals surface area contributed by atoms with E-state index < -0.39 is 11.2 Å². The van der Waals surface area contributed by atoms with Crippen molar-refractivity contribution in [2.75, 3.05) is 19.8 Å². The van der Waals surface area contributed by atoms with Crippen LogP contribution in [0.15, 0.2) is 12.2 Å². The molecule has 0 radical (unpaired) electrons. The normalized spacial score (nSPS) is 42.1. The van der Waals surface area contributed by atoms with Crippen LogP contribution in [0.3, 0.4) is 0 Å². The highest BCUT2D eigenvalue weighted by Crippen LogP contribution is 2.67. The number of esters is 1. The summed E-state index contributed by atoms with van der Waals surface area (Å²) in [5, 5.41) is 0. The molecule has 0 aromatic rings. The summed E-state index contributed by atoms with van der Waals surface area (Å²) in [6.07, 6.45) is 2.71. The van der Waals surface area contributed by atoms with E-state index in [1.165, 1.54) is 0 Å². The lowest BCUT2D eigenvalue weighted by Crippen LogP contribution is -2.63. The maximum Gasteiger partial charge on any atom is 0.316 e. The van der Waals surface area contributed by atoms with E-state index in [0.717, 1.165) is 24.8 Å². The standard InChI is InChI=1S/C16H24O4/c1-5-18-13(17)15(4)11(2)12-6-7-14(15,3)10-16(12)19-8-9-20-16/h12H,2,5-10H2,1,3-4H3/t12-,14-,15+/m0/s1. The lowest BCUT2D eigenvalue weighted by Gasteiger charge is -2.62. The predicted octanol–water partition coefficient (Wildman–Crippen LogP) is 2.68. The van der Waals surface area contributed by atoms with Gasteiger partial charge in [-0.1, -0.05) is 19.1 Å². The maximum absolute atomic E-state index is 12.6. The summed E-state index contributed by atoms with van der Waals surface area (Å²) in [6.45, 7) is 11.9. The van der Waals surface area contributed by atoms with E-state index in [1.807, 2.05) is 13.8 Å². The van der Waals surface area contributed by atoms with E-state index in [1.54, 1.807) is 0 Å². The fraction of sp³-hybridized carbons (Fsp3) is 0.812. The Morgan fingerprint density at radius 2 is 2.05 bits per heavy atom. The van der Waals surface area contributed by atoms with Crippen molar-refractivity contribution in [1.82, 2.24) is 0 Å². The number of rotatable bonds is 2. The highest BCUT2D eigenvalue weighted by molar-refractivity contribution is 5.82. The molecular formula is C16H24O4. The van der Waals surface area contributed by atoms with Gasteiger partial charge < -0.3 is 14.2 Å². The van der Waals surface area contributed by atoms with Crippen LogP contribution in [0.4, 0.5) is 0 Å². The highest BCUT2D eigenvalue weighted by Gasteiger charge is 2.69. The van der Waals surface area contributed by atoms with Crippen molar-refractivity contribution in [2.24, 2.45) is 16.7 Å². The van der Waals surface area contributed by atoms with Crippen LogP contribution in [0.25, 0.3) is 0 Å². The molecule has 3 saturated carbocycles. The average molecular weight is 280 g/mol. The number of hydrogen-bond donors (Lipinski definition) is 0. The summed E-state index contributed by atoms with van der Waals surface area (Å²) in [5.74, 6) is -0.595. The molecule has 0 aromatic heterocycles. The topological polar surface area (TPSA) is 44.8 Å². The molecule has 4 nitrogen and oxygen atoms in total. The van der Waals surface area contributed by atoms with Gasteiger partial charge in [-0.15, -0.1) is 0 Å². The van der Waals surface area contributed by atoms with Crippen molar-refractivity contribution in [2.45, 2.75) is 45.8 Å². The average Bonchev–Trinajstić information content (AvgIpc) is 2.84. The Kier molecular flexibility index (Phi) is 3.04. The van der Waals surface area contributed by atoms with E-state index in [2.05, 4.69) is 13.5 Å². The van der Waals surface area contributed by atoms with E-state index >= 15 is 0 Å². The van der Waals surface area contributed by atoms with Gasteiger partial charge in [0.05, 0.1) is 25.2 Å². The molecule has 1 spiro atoms. The number of hydrogen-bond acceptors (Lipinski definition) is 4. The molecule has 4 rings (SSSR count). The van der Waals surface area contributed by atoms with Crippen molar-refractivity contribution < 1.29 is 19.0 Å². The zero-order valence-corrected chi connectivity index (χ0v) is 12.7. The van der Waals surface area contributed by atoms with Crippen LogP contribution in [0.1, 0.15) is 40.0 Å². The first-order chi connectivity index (χ1) is 9.40. The van der Waals surface area contributed by atoms with Crippen molar-refractivity contribution >= 4 is 5.97 Å². The molecule has 0 N–H and O–H groups in total. The second-order valence-electron chi connectivity index (χ2n) is 6.71. The third-order valence-electron chi connectivity index (χ3n) is 5.88. The summed E-state index contributed by atoms with van der Waals surface area (Å²) in [4.78, 5) is 12.6. The molecule has 2 bridgehead atoms. The Balaban J connectivity index is 2.01. The zero-order chi connectivity index (χ0) is 14.6. The minimum Gasteiger partial charge on any atom is -0.465 e. The second kappa shape index (κ2) is 4.31. The number of fused-ring (bicyclic) bond motifs is 2. The van der Waals surface area contributed by atoms with Crippen LogP contribution in [0.2, 0.25) is 0 Å². The van der Waals surface area contributed by atoms with Crippen LogP contribution in [-0.4, -0.2) is 31.6 Å². The largest absolute Gasteiger partial charge is 0.465 e. The smallest absolute Gasteiger partial charge is 0.316 e. The fourth-order valence-electron chi connectivity index (χ4n) is 4.47. The van der Waals surface area contributed by atoms with Gasteiger partial charge in [0.2, 0.25) is 0 Å².